The highest BCUT2D eigenvalue weighted by Gasteiger charge is 2.10. The second kappa shape index (κ2) is 10.3. The van der Waals surface area contributed by atoms with Gasteiger partial charge >= 0.3 is 12.1 Å². The molecule has 4 aromatic rings. The second-order valence-electron chi connectivity index (χ2n) is 7.64. The number of benzene rings is 4. The van der Waals surface area contributed by atoms with E-state index in [0.717, 1.165) is 21.9 Å². The number of amidine groups is 1. The Hall–Kier alpha value is -4.65. The Morgan fingerprint density at radius 3 is 2.21 bits per heavy atom. The first kappa shape index (κ1) is 22.5. The highest BCUT2D eigenvalue weighted by Crippen LogP contribution is 2.23. The van der Waals surface area contributed by atoms with Gasteiger partial charge in [-0.15, -0.1) is 0 Å². The summed E-state index contributed by atoms with van der Waals surface area (Å²) in [5.41, 5.74) is 8.29. The predicted molar refractivity (Wildman–Crippen MR) is 130 cm³/mol. The molecule has 1 amide bonds. The van der Waals surface area contributed by atoms with Crippen molar-refractivity contribution in [3.63, 3.8) is 0 Å². The van der Waals surface area contributed by atoms with Crippen molar-refractivity contribution in [1.29, 1.82) is 5.41 Å². The van der Waals surface area contributed by atoms with E-state index in [-0.39, 0.29) is 19.0 Å². The maximum absolute atomic E-state index is 12.5. The summed E-state index contributed by atoms with van der Waals surface area (Å²) in [6.45, 7) is 0.472. The van der Waals surface area contributed by atoms with E-state index in [4.69, 9.17) is 20.6 Å². The molecule has 4 rings (SSSR count). The molecule has 0 radical (unpaired) electrons. The summed E-state index contributed by atoms with van der Waals surface area (Å²) in [7, 11) is 0. The topological polar surface area (TPSA) is 115 Å². The van der Waals surface area contributed by atoms with Gasteiger partial charge in [0, 0.05) is 12.1 Å². The van der Waals surface area contributed by atoms with E-state index in [0.29, 0.717) is 16.9 Å². The summed E-state index contributed by atoms with van der Waals surface area (Å²) in [6, 6.07) is 26.9. The van der Waals surface area contributed by atoms with Gasteiger partial charge in [0.1, 0.15) is 18.2 Å². The van der Waals surface area contributed by atoms with Crippen molar-refractivity contribution in [1.82, 2.24) is 5.32 Å². The third kappa shape index (κ3) is 5.77. The summed E-state index contributed by atoms with van der Waals surface area (Å²) < 4.78 is 10.7. The molecule has 0 saturated heterocycles. The Morgan fingerprint density at radius 2 is 1.47 bits per heavy atom. The molecule has 0 saturated carbocycles. The van der Waals surface area contributed by atoms with Crippen LogP contribution in [0.1, 0.15) is 27.0 Å². The van der Waals surface area contributed by atoms with Gasteiger partial charge in [0.2, 0.25) is 0 Å². The minimum atomic E-state index is -0.515. The fourth-order valence-corrected chi connectivity index (χ4v) is 3.33. The molecule has 170 valence electrons. The monoisotopic (exact) mass is 453 g/mol. The fourth-order valence-electron chi connectivity index (χ4n) is 3.33. The van der Waals surface area contributed by atoms with Crippen molar-refractivity contribution in [3.8, 4) is 5.75 Å². The number of nitrogens with two attached hydrogens (primary N) is 1. The molecule has 4 aromatic carbocycles. The maximum Gasteiger partial charge on any atom is 0.407 e. The quantitative estimate of drug-likeness (QED) is 0.161. The van der Waals surface area contributed by atoms with Gasteiger partial charge in [-0.25, -0.2) is 9.59 Å². The number of fused-ring (bicyclic) bond motifs is 1. The Morgan fingerprint density at radius 1 is 0.794 bits per heavy atom. The van der Waals surface area contributed by atoms with Crippen LogP contribution < -0.4 is 15.8 Å². The van der Waals surface area contributed by atoms with E-state index in [1.54, 1.807) is 42.5 Å². The number of carbonyl (C=O) groups excluding carboxylic acids is 2. The summed E-state index contributed by atoms with van der Waals surface area (Å²) in [5, 5.41) is 12.0. The highest BCUT2D eigenvalue weighted by molar-refractivity contribution is 5.99. The molecule has 0 spiro atoms. The van der Waals surface area contributed by atoms with Gasteiger partial charge in [0.25, 0.3) is 0 Å². The second-order valence-corrected chi connectivity index (χ2v) is 7.64. The lowest BCUT2D eigenvalue weighted by Crippen LogP contribution is -2.23. The molecule has 0 aliphatic rings. The summed E-state index contributed by atoms with van der Waals surface area (Å²) >= 11 is 0. The zero-order valence-corrected chi connectivity index (χ0v) is 18.3. The number of amides is 1. The van der Waals surface area contributed by atoms with Crippen molar-refractivity contribution < 1.29 is 19.1 Å². The average molecular weight is 453 g/mol. The van der Waals surface area contributed by atoms with Gasteiger partial charge in [0.15, 0.2) is 0 Å². The molecular weight excluding hydrogens is 430 g/mol. The molecule has 0 unspecified atom stereocenters. The standard InChI is InChI=1S/C27H23N3O4/c28-25(29)23-11-10-22-15-24(13-12-21(22)14-23)34-26(31)20-8-6-18(7-9-20)16-30-27(32)33-17-19-4-2-1-3-5-19/h1-15H,16-17H2,(H3,28,29)(H,30,32). The van der Waals surface area contributed by atoms with Crippen molar-refractivity contribution in [3.05, 3.63) is 113 Å². The number of hydrogen-bond acceptors (Lipinski definition) is 5. The van der Waals surface area contributed by atoms with E-state index in [1.165, 1.54) is 0 Å². The third-order valence-corrected chi connectivity index (χ3v) is 5.17. The first-order chi connectivity index (χ1) is 16.5. The van der Waals surface area contributed by atoms with E-state index >= 15 is 0 Å². The van der Waals surface area contributed by atoms with Gasteiger partial charge in [-0.3, -0.25) is 5.41 Å². The minimum Gasteiger partial charge on any atom is -0.445 e. The third-order valence-electron chi connectivity index (χ3n) is 5.17. The molecule has 0 aliphatic carbocycles. The molecule has 0 atom stereocenters. The lowest BCUT2D eigenvalue weighted by Gasteiger charge is -2.09. The zero-order chi connectivity index (χ0) is 23.9. The number of hydrogen-bond donors (Lipinski definition) is 3. The summed E-state index contributed by atoms with van der Waals surface area (Å²) in [6.07, 6.45) is -0.515. The molecule has 34 heavy (non-hydrogen) atoms. The van der Waals surface area contributed by atoms with Crippen LogP contribution in [0.4, 0.5) is 4.79 Å². The maximum atomic E-state index is 12.5. The lowest BCUT2D eigenvalue weighted by molar-refractivity contribution is 0.0735. The van der Waals surface area contributed by atoms with Crippen LogP contribution in [0.5, 0.6) is 5.75 Å². The number of nitrogen functional groups attached to an aromatic ring is 1. The molecule has 0 aliphatic heterocycles. The fraction of sp³-hybridized carbons (Fsp3) is 0.0741. The first-order valence-electron chi connectivity index (χ1n) is 10.6. The van der Waals surface area contributed by atoms with Crippen LogP contribution in [-0.2, 0) is 17.9 Å². The van der Waals surface area contributed by atoms with Crippen molar-refractivity contribution in [2.45, 2.75) is 13.2 Å². The molecule has 0 aromatic heterocycles. The lowest BCUT2D eigenvalue weighted by atomic mass is 10.1. The SMILES string of the molecule is N=C(N)c1ccc2cc(OC(=O)c3ccc(CNC(=O)OCc4ccccc4)cc3)ccc2c1. The highest BCUT2D eigenvalue weighted by atomic mass is 16.5. The Labute approximate surface area is 196 Å². The van der Waals surface area contributed by atoms with Crippen molar-refractivity contribution in [2.24, 2.45) is 5.73 Å². The normalized spacial score (nSPS) is 10.5. The van der Waals surface area contributed by atoms with Crippen LogP contribution in [0.3, 0.4) is 0 Å². The molecule has 7 heteroatoms. The van der Waals surface area contributed by atoms with Crippen molar-refractivity contribution in [2.75, 3.05) is 0 Å². The van der Waals surface area contributed by atoms with Gasteiger partial charge in [-0.2, -0.15) is 0 Å². The Bertz CT molecular complexity index is 1340. The molecule has 4 N–H and O–H groups in total. The van der Waals surface area contributed by atoms with Crippen LogP contribution >= 0.6 is 0 Å². The van der Waals surface area contributed by atoms with Gasteiger partial charge in [-0.1, -0.05) is 60.7 Å². The number of ether oxygens (including phenoxy) is 2. The Kier molecular flexibility index (Phi) is 6.84. The summed E-state index contributed by atoms with van der Waals surface area (Å²) in [5.74, 6) is -0.0680. The number of esters is 1. The zero-order valence-electron chi connectivity index (χ0n) is 18.3. The van der Waals surface area contributed by atoms with Gasteiger partial charge in [-0.05, 0) is 52.2 Å². The molecule has 0 heterocycles. The number of rotatable bonds is 7. The van der Waals surface area contributed by atoms with E-state index < -0.39 is 12.1 Å². The van der Waals surface area contributed by atoms with E-state index in [1.807, 2.05) is 48.5 Å². The average Bonchev–Trinajstić information content (AvgIpc) is 2.86. The molecule has 0 bridgehead atoms. The number of alkyl carbamates (subject to hydrolysis) is 1. The largest absolute Gasteiger partial charge is 0.445 e. The first-order valence-corrected chi connectivity index (χ1v) is 10.6. The van der Waals surface area contributed by atoms with Crippen LogP contribution in [0, 0.1) is 5.41 Å². The van der Waals surface area contributed by atoms with E-state index in [9.17, 15) is 9.59 Å². The van der Waals surface area contributed by atoms with Crippen LogP contribution in [0.15, 0.2) is 91.0 Å². The van der Waals surface area contributed by atoms with Gasteiger partial charge < -0.3 is 20.5 Å². The summed E-state index contributed by atoms with van der Waals surface area (Å²) in [4.78, 5) is 24.4. The number of nitrogens with one attached hydrogen (secondary N) is 2. The van der Waals surface area contributed by atoms with Crippen LogP contribution in [-0.4, -0.2) is 17.9 Å². The van der Waals surface area contributed by atoms with Crippen molar-refractivity contribution >= 4 is 28.7 Å². The molecule has 7 nitrogen and oxygen atoms in total. The number of carbonyl (C=O) groups is 2. The molecular formula is C27H23N3O4. The minimum absolute atomic E-state index is 0.000118. The smallest absolute Gasteiger partial charge is 0.407 e. The van der Waals surface area contributed by atoms with Crippen LogP contribution in [0.2, 0.25) is 0 Å². The van der Waals surface area contributed by atoms with Crippen LogP contribution in [0.25, 0.3) is 10.8 Å². The predicted octanol–water partition coefficient (Wildman–Crippen LogP) is 4.77. The Balaban J connectivity index is 1.30. The van der Waals surface area contributed by atoms with Gasteiger partial charge in [0.05, 0.1) is 5.56 Å². The van der Waals surface area contributed by atoms with E-state index in [2.05, 4.69) is 5.32 Å². The molecule has 0 fully saturated rings.